The van der Waals surface area contributed by atoms with Gasteiger partial charge in [-0.3, -0.25) is 0 Å². The number of nitrogens with zero attached hydrogens (tertiary/aromatic N) is 2. The van der Waals surface area contributed by atoms with Crippen molar-refractivity contribution in [1.82, 2.24) is 4.48 Å². The summed E-state index contributed by atoms with van der Waals surface area (Å²) in [5, 5.41) is 5.98. The minimum atomic E-state index is -0.112. The SMILES string of the molecule is Cc1cc2c(cc1N1c3cc4c(oc5ccccc54)c4c3B(c3sc5cc6c(cc5c31)C(C)(C)CCC6(C)C)n1c3c-4cccc3c3oc4ccccc4c31)C(C)(C)CCC2(C)C. The number of hydrogen-bond donors (Lipinski definition) is 0. The van der Waals surface area contributed by atoms with Gasteiger partial charge in [0, 0.05) is 64.4 Å². The van der Waals surface area contributed by atoms with E-state index in [1.54, 1.807) is 0 Å². The Morgan fingerprint density at radius 2 is 1.13 bits per heavy atom. The fourth-order valence-corrected chi connectivity index (χ4v) is 14.2. The van der Waals surface area contributed by atoms with Crippen molar-refractivity contribution in [3.63, 3.8) is 0 Å². The van der Waals surface area contributed by atoms with Gasteiger partial charge in [-0.15, -0.1) is 11.3 Å². The molecule has 4 aliphatic rings. The Morgan fingerprint density at radius 3 is 1.84 bits per heavy atom. The standard InChI is InChI=1S/C57H51BN2O2S/c1-30-25-37-39(56(6,7)23-21-54(37,2)3)28-41(30)59-42-27-35-31-15-10-12-19-43(31)61-51(35)46-33-17-14-18-34-48(33)60(49-32-16-11-13-20-44(32)62-52(34)49)58(47(42)46)53-50(59)36-26-38-40(29-45(36)63-53)57(8,9)24-22-55(38,4)5/h10-20,25-29H,21-24H2,1-9H3. The molecule has 10 aromatic rings. The summed E-state index contributed by atoms with van der Waals surface area (Å²) in [6.07, 6.45) is 4.71. The van der Waals surface area contributed by atoms with Gasteiger partial charge in [0.25, 0.3) is 0 Å². The fourth-order valence-electron chi connectivity index (χ4n) is 12.9. The highest BCUT2D eigenvalue weighted by atomic mass is 32.1. The third kappa shape index (κ3) is 4.49. The van der Waals surface area contributed by atoms with Crippen LogP contribution in [-0.2, 0) is 21.7 Å². The second-order valence-corrected chi connectivity index (χ2v) is 23.3. The summed E-state index contributed by atoms with van der Waals surface area (Å²) in [4.78, 5) is 2.73. The van der Waals surface area contributed by atoms with Crippen molar-refractivity contribution in [1.29, 1.82) is 0 Å². The lowest BCUT2D eigenvalue weighted by Gasteiger charge is -2.44. The van der Waals surface area contributed by atoms with Crippen LogP contribution >= 0.6 is 11.3 Å². The fraction of sp³-hybridized carbons (Fsp3) is 0.298. The van der Waals surface area contributed by atoms with Crippen LogP contribution in [0, 0.1) is 6.92 Å². The summed E-state index contributed by atoms with van der Waals surface area (Å²) in [5.74, 6) is 0. The third-order valence-electron chi connectivity index (χ3n) is 16.6. The van der Waals surface area contributed by atoms with Gasteiger partial charge in [-0.1, -0.05) is 104 Å². The molecular weight excluding hydrogens is 788 g/mol. The Kier molecular flexibility index (Phi) is 6.71. The maximum absolute atomic E-state index is 7.10. The molecular formula is C57H51BN2O2S. The first kappa shape index (κ1) is 36.7. The zero-order chi connectivity index (χ0) is 42.9. The average Bonchev–Trinajstić information content (AvgIpc) is 4.01. The molecule has 0 spiro atoms. The van der Waals surface area contributed by atoms with Gasteiger partial charge in [0.2, 0.25) is 0 Å². The number of anilines is 3. The Bertz CT molecular complexity index is 3730. The number of hydrogen-bond acceptors (Lipinski definition) is 4. The van der Waals surface area contributed by atoms with Crippen LogP contribution < -0.4 is 15.1 Å². The van der Waals surface area contributed by atoms with Gasteiger partial charge in [0.05, 0.1) is 11.2 Å². The Hall–Kier alpha value is -5.72. The van der Waals surface area contributed by atoms with Crippen LogP contribution in [-0.4, -0.2) is 11.3 Å². The van der Waals surface area contributed by atoms with Gasteiger partial charge in [-0.25, -0.2) is 0 Å². The molecule has 310 valence electrons. The molecule has 0 unspecified atom stereocenters. The van der Waals surface area contributed by atoms with Crippen molar-refractivity contribution in [3.05, 3.63) is 125 Å². The Morgan fingerprint density at radius 1 is 0.540 bits per heavy atom. The number of fused-ring (bicyclic) bond motifs is 17. The van der Waals surface area contributed by atoms with E-state index in [4.69, 9.17) is 8.83 Å². The molecule has 0 radical (unpaired) electrons. The van der Waals surface area contributed by atoms with Gasteiger partial charge in [0.15, 0.2) is 5.58 Å². The first-order valence-electron chi connectivity index (χ1n) is 23.1. The minimum Gasteiger partial charge on any atom is -0.455 e. The van der Waals surface area contributed by atoms with Crippen LogP contribution in [0.1, 0.15) is 109 Å². The van der Waals surface area contributed by atoms with Gasteiger partial charge in [0.1, 0.15) is 16.7 Å². The van der Waals surface area contributed by atoms with Crippen LogP contribution in [0.15, 0.2) is 106 Å². The van der Waals surface area contributed by atoms with Gasteiger partial charge >= 0.3 is 6.85 Å². The van der Waals surface area contributed by atoms with Crippen molar-refractivity contribution in [2.75, 3.05) is 4.90 Å². The average molecular weight is 839 g/mol. The number of rotatable bonds is 1. The maximum atomic E-state index is 7.10. The highest BCUT2D eigenvalue weighted by molar-refractivity contribution is 7.32. The molecule has 4 aromatic heterocycles. The highest BCUT2D eigenvalue weighted by Gasteiger charge is 2.49. The van der Waals surface area contributed by atoms with Crippen LogP contribution in [0.5, 0.6) is 0 Å². The lowest BCUT2D eigenvalue weighted by atomic mass is 9.48. The lowest BCUT2D eigenvalue weighted by molar-refractivity contribution is 0.332. The maximum Gasteiger partial charge on any atom is 0.344 e. The summed E-state index contributed by atoms with van der Waals surface area (Å²) in [6.45, 7) is 22.0. The van der Waals surface area contributed by atoms with E-state index in [-0.39, 0.29) is 28.5 Å². The normalized spacial score (nSPS) is 18.7. The number of thiophene rings is 1. The second-order valence-electron chi connectivity index (χ2n) is 22.2. The molecule has 0 fully saturated rings. The summed E-state index contributed by atoms with van der Waals surface area (Å²) in [6, 6.07) is 37.0. The molecule has 0 atom stereocenters. The van der Waals surface area contributed by atoms with E-state index in [1.165, 1.54) is 113 Å². The molecule has 0 saturated carbocycles. The van der Waals surface area contributed by atoms with Crippen molar-refractivity contribution in [2.45, 2.75) is 110 Å². The summed E-state index contributed by atoms with van der Waals surface area (Å²) in [7, 11) is 0. The van der Waals surface area contributed by atoms with Gasteiger partial charge in [-0.2, -0.15) is 0 Å². The lowest BCUT2D eigenvalue weighted by Crippen LogP contribution is -2.55. The van der Waals surface area contributed by atoms with Crippen LogP contribution in [0.25, 0.3) is 76.1 Å². The van der Waals surface area contributed by atoms with E-state index < -0.39 is 0 Å². The second kappa shape index (κ2) is 11.5. The van der Waals surface area contributed by atoms with E-state index in [1.807, 2.05) is 11.3 Å². The van der Waals surface area contributed by atoms with Crippen LogP contribution in [0.3, 0.4) is 0 Å². The summed E-state index contributed by atoms with van der Waals surface area (Å²) >= 11 is 2.01. The highest BCUT2D eigenvalue weighted by Crippen LogP contribution is 2.56. The quantitative estimate of drug-likeness (QED) is 0.154. The van der Waals surface area contributed by atoms with Crippen LogP contribution in [0.2, 0.25) is 0 Å². The zero-order valence-corrected chi connectivity index (χ0v) is 38.6. The molecule has 6 heterocycles. The van der Waals surface area contributed by atoms with Gasteiger partial charge < -0.3 is 18.2 Å². The van der Waals surface area contributed by atoms with Crippen molar-refractivity contribution >= 4 is 110 Å². The first-order chi connectivity index (χ1) is 30.1. The number of aromatic nitrogens is 1. The minimum absolute atomic E-state index is 0.0492. The largest absolute Gasteiger partial charge is 0.455 e. The number of para-hydroxylation sites is 3. The van der Waals surface area contributed by atoms with E-state index in [0.717, 1.165) is 43.9 Å². The smallest absolute Gasteiger partial charge is 0.344 e. The molecule has 4 nitrogen and oxygen atoms in total. The number of aryl methyl sites for hydroxylation is 1. The predicted octanol–water partition coefficient (Wildman–Crippen LogP) is 15.1. The molecule has 2 aliphatic carbocycles. The van der Waals surface area contributed by atoms with Crippen molar-refractivity contribution in [2.24, 2.45) is 0 Å². The predicted molar refractivity (Wildman–Crippen MR) is 268 cm³/mol. The topological polar surface area (TPSA) is 34.5 Å². The van der Waals surface area contributed by atoms with E-state index in [2.05, 4.69) is 169 Å². The van der Waals surface area contributed by atoms with Crippen molar-refractivity contribution in [3.8, 4) is 11.1 Å². The van der Waals surface area contributed by atoms with E-state index in [0.29, 0.717) is 0 Å². The monoisotopic (exact) mass is 838 g/mol. The summed E-state index contributed by atoms with van der Waals surface area (Å²) < 4.78 is 19.4. The molecule has 6 aromatic carbocycles. The van der Waals surface area contributed by atoms with Crippen LogP contribution in [0.4, 0.5) is 17.1 Å². The molecule has 0 bridgehead atoms. The first-order valence-corrected chi connectivity index (χ1v) is 23.9. The molecule has 2 aliphatic heterocycles. The summed E-state index contributed by atoms with van der Waals surface area (Å²) in [5.41, 5.74) is 21.4. The molecule has 6 heteroatoms. The molecule has 0 N–H and O–H groups in total. The molecule has 14 rings (SSSR count). The van der Waals surface area contributed by atoms with Crippen molar-refractivity contribution < 1.29 is 8.83 Å². The zero-order valence-electron chi connectivity index (χ0n) is 37.8. The Labute approximate surface area is 372 Å². The van der Waals surface area contributed by atoms with E-state index >= 15 is 0 Å². The Balaban J connectivity index is 1.21. The van der Waals surface area contributed by atoms with Gasteiger partial charge in [-0.05, 0) is 136 Å². The van der Waals surface area contributed by atoms with E-state index in [9.17, 15) is 0 Å². The molecule has 0 saturated heterocycles. The third-order valence-corrected chi connectivity index (χ3v) is 17.8. The molecule has 0 amide bonds. The number of benzene rings is 6. The number of furan rings is 2. The molecule has 63 heavy (non-hydrogen) atoms.